The largest absolute Gasteiger partial charge is 0.352 e. The Bertz CT molecular complexity index is 590. The molecular weight excluding hydrogens is 262 g/mol. The molecule has 1 amide bonds. The van der Waals surface area contributed by atoms with Crippen molar-refractivity contribution in [3.63, 3.8) is 0 Å². The first kappa shape index (κ1) is 15.2. The van der Waals surface area contributed by atoms with E-state index in [1.807, 2.05) is 56.3 Å². The first-order valence-corrected chi connectivity index (χ1v) is 7.06. The standard InChI is InChI=1S/C17H21N3O/c1-12-8-14(9-13(2)20-12)11-19-17(21)10-16(18)15-6-4-3-5-7-15/h3-9,16H,10-11,18H2,1-2H3,(H,19,21)/t16-/m0/s1. The van der Waals surface area contributed by atoms with Gasteiger partial charge in [-0.15, -0.1) is 0 Å². The number of amides is 1. The van der Waals surface area contributed by atoms with E-state index in [1.165, 1.54) is 0 Å². The van der Waals surface area contributed by atoms with Crippen LogP contribution in [0.2, 0.25) is 0 Å². The Hall–Kier alpha value is -2.20. The second-order valence-electron chi connectivity index (χ2n) is 5.26. The van der Waals surface area contributed by atoms with Crippen molar-refractivity contribution < 1.29 is 4.79 Å². The summed E-state index contributed by atoms with van der Waals surface area (Å²) >= 11 is 0. The minimum absolute atomic E-state index is 0.0431. The van der Waals surface area contributed by atoms with E-state index < -0.39 is 0 Å². The average molecular weight is 283 g/mol. The number of hydrogen-bond donors (Lipinski definition) is 2. The molecule has 4 heteroatoms. The zero-order valence-electron chi connectivity index (χ0n) is 12.5. The van der Waals surface area contributed by atoms with Gasteiger partial charge in [-0.3, -0.25) is 9.78 Å². The van der Waals surface area contributed by atoms with Crippen molar-refractivity contribution in [2.24, 2.45) is 5.73 Å². The highest BCUT2D eigenvalue weighted by Crippen LogP contribution is 2.13. The fourth-order valence-electron chi connectivity index (χ4n) is 2.31. The molecule has 0 saturated carbocycles. The van der Waals surface area contributed by atoms with Crippen LogP contribution in [0.1, 0.15) is 35.0 Å². The molecule has 0 spiro atoms. The van der Waals surface area contributed by atoms with Crippen LogP contribution in [0.5, 0.6) is 0 Å². The maximum atomic E-state index is 12.0. The summed E-state index contributed by atoms with van der Waals surface area (Å²) in [4.78, 5) is 16.3. The van der Waals surface area contributed by atoms with Gasteiger partial charge in [0.05, 0.1) is 0 Å². The molecule has 1 aromatic heterocycles. The van der Waals surface area contributed by atoms with Crippen molar-refractivity contribution in [2.75, 3.05) is 0 Å². The van der Waals surface area contributed by atoms with E-state index in [0.29, 0.717) is 6.54 Å². The molecule has 21 heavy (non-hydrogen) atoms. The molecule has 110 valence electrons. The number of pyridine rings is 1. The predicted molar refractivity (Wildman–Crippen MR) is 83.5 cm³/mol. The van der Waals surface area contributed by atoms with Gasteiger partial charge in [-0.1, -0.05) is 30.3 Å². The SMILES string of the molecule is Cc1cc(CNC(=O)C[C@H](N)c2ccccc2)cc(C)n1. The summed E-state index contributed by atoms with van der Waals surface area (Å²) in [5.74, 6) is -0.0431. The number of nitrogens with two attached hydrogens (primary N) is 1. The second kappa shape index (κ2) is 6.99. The number of hydrogen-bond acceptors (Lipinski definition) is 3. The maximum absolute atomic E-state index is 12.0. The summed E-state index contributed by atoms with van der Waals surface area (Å²) in [6.07, 6.45) is 0.285. The lowest BCUT2D eigenvalue weighted by Crippen LogP contribution is -2.27. The number of rotatable bonds is 5. The summed E-state index contributed by atoms with van der Waals surface area (Å²) < 4.78 is 0. The third-order valence-corrected chi connectivity index (χ3v) is 3.26. The molecule has 2 aromatic rings. The van der Waals surface area contributed by atoms with Gasteiger partial charge in [-0.25, -0.2) is 0 Å². The van der Waals surface area contributed by atoms with Crippen LogP contribution in [0.3, 0.4) is 0 Å². The van der Waals surface area contributed by atoms with Crippen molar-refractivity contribution in [2.45, 2.75) is 32.9 Å². The van der Waals surface area contributed by atoms with Crippen molar-refractivity contribution in [3.05, 3.63) is 65.0 Å². The zero-order chi connectivity index (χ0) is 15.2. The lowest BCUT2D eigenvalue weighted by molar-refractivity contribution is -0.121. The third-order valence-electron chi connectivity index (χ3n) is 3.26. The van der Waals surface area contributed by atoms with Gasteiger partial charge in [0.15, 0.2) is 0 Å². The predicted octanol–water partition coefficient (Wildman–Crippen LogP) is 2.40. The molecule has 0 fully saturated rings. The Morgan fingerprint density at radius 1 is 1.19 bits per heavy atom. The Kier molecular flexibility index (Phi) is 5.06. The Morgan fingerprint density at radius 2 is 1.81 bits per heavy atom. The summed E-state index contributed by atoms with van der Waals surface area (Å²) in [6.45, 7) is 4.40. The van der Waals surface area contributed by atoms with Crippen LogP contribution in [0, 0.1) is 13.8 Å². The smallest absolute Gasteiger partial charge is 0.222 e. The highest BCUT2D eigenvalue weighted by atomic mass is 16.1. The van der Waals surface area contributed by atoms with Crippen LogP contribution in [0.4, 0.5) is 0 Å². The first-order valence-electron chi connectivity index (χ1n) is 7.06. The van der Waals surface area contributed by atoms with Crippen LogP contribution >= 0.6 is 0 Å². The monoisotopic (exact) mass is 283 g/mol. The average Bonchev–Trinajstić information content (AvgIpc) is 2.45. The number of aryl methyl sites for hydroxylation is 2. The molecule has 0 aliphatic carbocycles. The molecule has 4 nitrogen and oxygen atoms in total. The summed E-state index contributed by atoms with van der Waals surface area (Å²) in [5.41, 5.74) is 9.99. The highest BCUT2D eigenvalue weighted by molar-refractivity contribution is 5.76. The molecule has 0 aliphatic rings. The number of nitrogens with zero attached hydrogens (tertiary/aromatic N) is 1. The number of benzene rings is 1. The van der Waals surface area contributed by atoms with Crippen molar-refractivity contribution >= 4 is 5.91 Å². The highest BCUT2D eigenvalue weighted by Gasteiger charge is 2.11. The van der Waals surface area contributed by atoms with Gasteiger partial charge < -0.3 is 11.1 Å². The molecule has 0 bridgehead atoms. The van der Waals surface area contributed by atoms with Crippen LogP contribution < -0.4 is 11.1 Å². The fourth-order valence-corrected chi connectivity index (χ4v) is 2.31. The molecule has 3 N–H and O–H groups in total. The molecule has 0 saturated heterocycles. The Morgan fingerprint density at radius 3 is 2.43 bits per heavy atom. The quantitative estimate of drug-likeness (QED) is 0.885. The van der Waals surface area contributed by atoms with Crippen LogP contribution in [0.25, 0.3) is 0 Å². The van der Waals surface area contributed by atoms with E-state index in [0.717, 1.165) is 22.5 Å². The van der Waals surface area contributed by atoms with Gasteiger partial charge in [0.1, 0.15) is 0 Å². The zero-order valence-corrected chi connectivity index (χ0v) is 12.5. The van der Waals surface area contributed by atoms with Crippen molar-refractivity contribution in [1.29, 1.82) is 0 Å². The van der Waals surface area contributed by atoms with Gasteiger partial charge in [-0.05, 0) is 37.1 Å². The van der Waals surface area contributed by atoms with Gasteiger partial charge in [0.2, 0.25) is 5.91 Å². The number of nitrogens with one attached hydrogen (secondary N) is 1. The molecule has 0 unspecified atom stereocenters. The second-order valence-corrected chi connectivity index (χ2v) is 5.26. The van der Waals surface area contributed by atoms with Crippen LogP contribution in [0.15, 0.2) is 42.5 Å². The van der Waals surface area contributed by atoms with E-state index >= 15 is 0 Å². The molecule has 1 aromatic carbocycles. The Balaban J connectivity index is 1.87. The first-order chi connectivity index (χ1) is 10.0. The normalized spacial score (nSPS) is 12.0. The summed E-state index contributed by atoms with van der Waals surface area (Å²) in [7, 11) is 0. The molecule has 1 atom stereocenters. The van der Waals surface area contributed by atoms with Gasteiger partial charge in [-0.2, -0.15) is 0 Å². The van der Waals surface area contributed by atoms with Gasteiger partial charge in [0, 0.05) is 30.4 Å². The lowest BCUT2D eigenvalue weighted by atomic mass is 10.0. The van der Waals surface area contributed by atoms with E-state index in [-0.39, 0.29) is 18.4 Å². The van der Waals surface area contributed by atoms with Gasteiger partial charge in [0.25, 0.3) is 0 Å². The van der Waals surface area contributed by atoms with Gasteiger partial charge >= 0.3 is 0 Å². The minimum atomic E-state index is -0.271. The van der Waals surface area contributed by atoms with Crippen molar-refractivity contribution in [1.82, 2.24) is 10.3 Å². The molecule has 2 rings (SSSR count). The van der Waals surface area contributed by atoms with Crippen LogP contribution in [-0.4, -0.2) is 10.9 Å². The van der Waals surface area contributed by atoms with E-state index in [1.54, 1.807) is 0 Å². The number of carbonyl (C=O) groups excluding carboxylic acids is 1. The maximum Gasteiger partial charge on any atom is 0.222 e. The summed E-state index contributed by atoms with van der Waals surface area (Å²) in [5, 5.41) is 2.91. The van der Waals surface area contributed by atoms with E-state index in [2.05, 4.69) is 10.3 Å². The minimum Gasteiger partial charge on any atom is -0.352 e. The molecule has 0 radical (unpaired) electrons. The number of carbonyl (C=O) groups is 1. The van der Waals surface area contributed by atoms with E-state index in [4.69, 9.17) is 5.73 Å². The topological polar surface area (TPSA) is 68.0 Å². The third kappa shape index (κ3) is 4.68. The summed E-state index contributed by atoms with van der Waals surface area (Å²) in [6, 6.07) is 13.3. The molecule has 1 heterocycles. The lowest BCUT2D eigenvalue weighted by Gasteiger charge is -2.12. The number of aromatic nitrogens is 1. The fraction of sp³-hybridized carbons (Fsp3) is 0.294. The molecule has 0 aliphatic heterocycles. The van der Waals surface area contributed by atoms with Crippen molar-refractivity contribution in [3.8, 4) is 0 Å². The van der Waals surface area contributed by atoms with Crippen LogP contribution in [-0.2, 0) is 11.3 Å². The molecular formula is C17H21N3O. The Labute approximate surface area is 125 Å². The van der Waals surface area contributed by atoms with E-state index in [9.17, 15) is 4.79 Å².